The van der Waals surface area contributed by atoms with Crippen molar-refractivity contribution in [1.29, 1.82) is 0 Å². The minimum absolute atomic E-state index is 0.148. The molecule has 0 saturated heterocycles. The lowest BCUT2D eigenvalue weighted by molar-refractivity contribution is 0.102. The summed E-state index contributed by atoms with van der Waals surface area (Å²) >= 11 is 5.76. The van der Waals surface area contributed by atoms with Gasteiger partial charge in [0, 0.05) is 17.6 Å². The molecule has 0 N–H and O–H groups in total. The van der Waals surface area contributed by atoms with Gasteiger partial charge in [0.25, 0.3) is 0 Å². The standard InChI is InChI=1S/C15H13ClFNO3S/c1-18(14-8-4-12(16)5-9-14)22(20,21)10-15(19)11-2-6-13(17)7-3-11/h2-9H,10H2,1H3. The Balaban J connectivity index is 2.18. The zero-order chi connectivity index (χ0) is 16.3. The smallest absolute Gasteiger partial charge is 0.242 e. The summed E-state index contributed by atoms with van der Waals surface area (Å²) in [6.07, 6.45) is 0. The van der Waals surface area contributed by atoms with Gasteiger partial charge in [-0.3, -0.25) is 9.10 Å². The predicted molar refractivity (Wildman–Crippen MR) is 84.4 cm³/mol. The van der Waals surface area contributed by atoms with Crippen molar-refractivity contribution >= 4 is 33.1 Å². The number of halogens is 2. The Labute approximate surface area is 133 Å². The van der Waals surface area contributed by atoms with Crippen LogP contribution in [0.2, 0.25) is 5.02 Å². The molecule has 0 spiro atoms. The second kappa shape index (κ2) is 6.46. The third kappa shape index (κ3) is 3.84. The number of anilines is 1. The highest BCUT2D eigenvalue weighted by Crippen LogP contribution is 2.20. The highest BCUT2D eigenvalue weighted by atomic mass is 35.5. The Morgan fingerprint density at radius 1 is 1.09 bits per heavy atom. The number of carbonyl (C=O) groups is 1. The van der Waals surface area contributed by atoms with Gasteiger partial charge in [-0.1, -0.05) is 11.6 Å². The maximum Gasteiger partial charge on any atom is 0.242 e. The van der Waals surface area contributed by atoms with Crippen LogP contribution in [0.5, 0.6) is 0 Å². The first-order valence-corrected chi connectivity index (χ1v) is 8.29. The van der Waals surface area contributed by atoms with Crippen molar-refractivity contribution in [3.8, 4) is 0 Å². The van der Waals surface area contributed by atoms with E-state index in [1.165, 1.54) is 19.2 Å². The van der Waals surface area contributed by atoms with Crippen molar-refractivity contribution in [2.45, 2.75) is 0 Å². The van der Waals surface area contributed by atoms with Crippen LogP contribution in [0.1, 0.15) is 10.4 Å². The molecule has 0 fully saturated rings. The van der Waals surface area contributed by atoms with Gasteiger partial charge in [0.1, 0.15) is 11.6 Å². The molecular formula is C15H13ClFNO3S. The van der Waals surface area contributed by atoms with Crippen LogP contribution in [0.25, 0.3) is 0 Å². The molecule has 0 radical (unpaired) electrons. The molecule has 0 amide bonds. The zero-order valence-corrected chi connectivity index (χ0v) is 13.2. The molecule has 7 heteroatoms. The SMILES string of the molecule is CN(c1ccc(Cl)cc1)S(=O)(=O)CC(=O)c1ccc(F)cc1. The van der Waals surface area contributed by atoms with Crippen LogP contribution < -0.4 is 4.31 Å². The number of carbonyl (C=O) groups excluding carboxylic acids is 1. The van der Waals surface area contributed by atoms with Gasteiger partial charge in [-0.2, -0.15) is 0 Å². The van der Waals surface area contributed by atoms with Crippen LogP contribution in [0.3, 0.4) is 0 Å². The molecule has 0 aliphatic rings. The van der Waals surface area contributed by atoms with Gasteiger partial charge >= 0.3 is 0 Å². The van der Waals surface area contributed by atoms with E-state index in [0.717, 1.165) is 16.4 Å². The summed E-state index contributed by atoms with van der Waals surface area (Å²) in [5.74, 6) is -1.78. The van der Waals surface area contributed by atoms with E-state index in [0.29, 0.717) is 10.7 Å². The Bertz CT molecular complexity index is 773. The highest BCUT2D eigenvalue weighted by molar-refractivity contribution is 7.93. The molecule has 0 aromatic heterocycles. The number of hydrogen-bond donors (Lipinski definition) is 0. The number of Topliss-reactive ketones (excluding diaryl/α,β-unsaturated/α-hetero) is 1. The molecule has 0 aliphatic heterocycles. The molecule has 2 aromatic rings. The summed E-state index contributed by atoms with van der Waals surface area (Å²) < 4.78 is 38.4. The lowest BCUT2D eigenvalue weighted by atomic mass is 10.1. The van der Waals surface area contributed by atoms with E-state index in [9.17, 15) is 17.6 Å². The van der Waals surface area contributed by atoms with Gasteiger partial charge < -0.3 is 0 Å². The molecule has 2 rings (SSSR count). The zero-order valence-electron chi connectivity index (χ0n) is 11.7. The first-order valence-electron chi connectivity index (χ1n) is 6.30. The summed E-state index contributed by atoms with van der Waals surface area (Å²) in [4.78, 5) is 12.0. The molecule has 0 aliphatic carbocycles. The van der Waals surface area contributed by atoms with Gasteiger partial charge in [0.2, 0.25) is 10.0 Å². The fraction of sp³-hybridized carbons (Fsp3) is 0.133. The third-order valence-electron chi connectivity index (χ3n) is 3.09. The van der Waals surface area contributed by atoms with Crippen molar-refractivity contribution in [3.63, 3.8) is 0 Å². The molecule has 2 aromatic carbocycles. The molecule has 0 unspecified atom stereocenters. The van der Waals surface area contributed by atoms with E-state index < -0.39 is 27.4 Å². The molecular weight excluding hydrogens is 329 g/mol. The summed E-state index contributed by atoms with van der Waals surface area (Å²) in [5.41, 5.74) is 0.547. The van der Waals surface area contributed by atoms with Crippen LogP contribution in [0, 0.1) is 5.82 Å². The lowest BCUT2D eigenvalue weighted by Gasteiger charge is -2.19. The minimum Gasteiger partial charge on any atom is -0.293 e. The quantitative estimate of drug-likeness (QED) is 0.785. The average Bonchev–Trinajstić information content (AvgIpc) is 2.47. The Morgan fingerprint density at radius 2 is 1.64 bits per heavy atom. The fourth-order valence-electron chi connectivity index (χ4n) is 1.79. The van der Waals surface area contributed by atoms with Crippen LogP contribution >= 0.6 is 11.6 Å². The van der Waals surface area contributed by atoms with Crippen LogP contribution in [0.4, 0.5) is 10.1 Å². The topological polar surface area (TPSA) is 54.5 Å². The maximum atomic E-state index is 12.8. The summed E-state index contributed by atoms with van der Waals surface area (Å²) in [6.45, 7) is 0. The maximum absolute atomic E-state index is 12.8. The molecule has 0 heterocycles. The van der Waals surface area contributed by atoms with Crippen molar-refractivity contribution in [2.24, 2.45) is 0 Å². The summed E-state index contributed by atoms with van der Waals surface area (Å²) in [5, 5.41) is 0.483. The molecule has 0 saturated carbocycles. The number of ketones is 1. The van der Waals surface area contributed by atoms with Gasteiger partial charge in [-0.15, -0.1) is 0 Å². The Morgan fingerprint density at radius 3 is 2.18 bits per heavy atom. The van der Waals surface area contributed by atoms with E-state index in [2.05, 4.69) is 0 Å². The van der Waals surface area contributed by atoms with E-state index in [1.807, 2.05) is 0 Å². The van der Waals surface area contributed by atoms with E-state index >= 15 is 0 Å². The van der Waals surface area contributed by atoms with Crippen molar-refractivity contribution < 1.29 is 17.6 Å². The van der Waals surface area contributed by atoms with Crippen LogP contribution in [-0.4, -0.2) is 27.0 Å². The van der Waals surface area contributed by atoms with E-state index in [1.54, 1.807) is 24.3 Å². The summed E-state index contributed by atoms with van der Waals surface area (Å²) in [6, 6.07) is 11.0. The van der Waals surface area contributed by atoms with Gasteiger partial charge in [0.15, 0.2) is 5.78 Å². The highest BCUT2D eigenvalue weighted by Gasteiger charge is 2.23. The number of rotatable bonds is 5. The van der Waals surface area contributed by atoms with Crippen LogP contribution in [-0.2, 0) is 10.0 Å². The van der Waals surface area contributed by atoms with Crippen molar-refractivity contribution in [3.05, 3.63) is 64.9 Å². The van der Waals surface area contributed by atoms with Gasteiger partial charge in [-0.05, 0) is 48.5 Å². The van der Waals surface area contributed by atoms with Crippen molar-refractivity contribution in [2.75, 3.05) is 17.1 Å². The lowest BCUT2D eigenvalue weighted by Crippen LogP contribution is -2.32. The monoisotopic (exact) mass is 341 g/mol. The van der Waals surface area contributed by atoms with Crippen LogP contribution in [0.15, 0.2) is 48.5 Å². The van der Waals surface area contributed by atoms with Gasteiger partial charge in [0.05, 0.1) is 5.69 Å². The average molecular weight is 342 g/mol. The van der Waals surface area contributed by atoms with E-state index in [-0.39, 0.29) is 5.56 Å². The Kier molecular flexibility index (Phi) is 4.83. The normalized spacial score (nSPS) is 11.2. The number of hydrogen-bond acceptors (Lipinski definition) is 3. The second-order valence-electron chi connectivity index (χ2n) is 4.63. The molecule has 0 atom stereocenters. The largest absolute Gasteiger partial charge is 0.293 e. The molecule has 116 valence electrons. The first kappa shape index (κ1) is 16.5. The van der Waals surface area contributed by atoms with Crippen molar-refractivity contribution in [1.82, 2.24) is 0 Å². The van der Waals surface area contributed by atoms with E-state index in [4.69, 9.17) is 11.6 Å². The molecule has 4 nitrogen and oxygen atoms in total. The summed E-state index contributed by atoms with van der Waals surface area (Å²) in [7, 11) is -2.48. The number of sulfonamides is 1. The third-order valence-corrected chi connectivity index (χ3v) is 5.01. The molecule has 22 heavy (non-hydrogen) atoms. The molecule has 0 bridgehead atoms. The number of nitrogens with zero attached hydrogens (tertiary/aromatic N) is 1. The Hall–Kier alpha value is -1.92. The minimum atomic E-state index is -3.84. The van der Waals surface area contributed by atoms with Gasteiger partial charge in [-0.25, -0.2) is 12.8 Å². The fourth-order valence-corrected chi connectivity index (χ4v) is 3.05. The predicted octanol–water partition coefficient (Wildman–Crippen LogP) is 3.13. The second-order valence-corrected chi connectivity index (χ2v) is 7.07. The first-order chi connectivity index (χ1) is 10.3. The number of benzene rings is 2.